The molecule has 0 amide bonds. The first kappa shape index (κ1) is 18.5. The summed E-state index contributed by atoms with van der Waals surface area (Å²) in [7, 11) is 0. The number of aromatic nitrogens is 3. The first-order valence-corrected chi connectivity index (χ1v) is 9.60. The van der Waals surface area contributed by atoms with Crippen LogP contribution in [0.15, 0.2) is 72.5 Å². The fourth-order valence-electron chi connectivity index (χ4n) is 2.76. The Morgan fingerprint density at radius 1 is 1.10 bits per heavy atom. The summed E-state index contributed by atoms with van der Waals surface area (Å²) in [5.74, 6) is -0.0952. The summed E-state index contributed by atoms with van der Waals surface area (Å²) in [5, 5.41) is 11.7. The average Bonchev–Trinajstić information content (AvgIpc) is 3.33. The van der Waals surface area contributed by atoms with Crippen molar-refractivity contribution in [3.05, 3.63) is 83.6 Å². The topological polar surface area (TPSA) is 88.8 Å². The van der Waals surface area contributed by atoms with Crippen LogP contribution in [0, 0.1) is 11.3 Å². The van der Waals surface area contributed by atoms with Crippen LogP contribution in [0.5, 0.6) is 5.88 Å². The fourth-order valence-corrected chi connectivity index (χ4v) is 3.51. The quantitative estimate of drug-likeness (QED) is 0.447. The van der Waals surface area contributed by atoms with Crippen molar-refractivity contribution in [2.24, 2.45) is 0 Å². The number of hydrogen-bond acceptors (Lipinski definition) is 7. The molecule has 0 spiro atoms. The van der Waals surface area contributed by atoms with E-state index >= 15 is 0 Å². The van der Waals surface area contributed by atoms with Crippen molar-refractivity contribution in [3.63, 3.8) is 0 Å². The predicted molar refractivity (Wildman–Crippen MR) is 110 cm³/mol. The number of carbonyl (C=O) groups excluding carboxylic acids is 1. The molecule has 0 saturated carbocycles. The van der Waals surface area contributed by atoms with Gasteiger partial charge < -0.3 is 4.74 Å². The molecule has 0 aliphatic heterocycles. The molecule has 7 heteroatoms. The summed E-state index contributed by atoms with van der Waals surface area (Å²) in [5.41, 5.74) is 2.56. The van der Waals surface area contributed by atoms with Crippen LogP contribution in [0.1, 0.15) is 15.9 Å². The number of nitrogens with zero attached hydrogens (tertiary/aromatic N) is 4. The van der Waals surface area contributed by atoms with Gasteiger partial charge in [-0.2, -0.15) is 5.26 Å². The van der Waals surface area contributed by atoms with Crippen LogP contribution in [0.3, 0.4) is 0 Å². The summed E-state index contributed by atoms with van der Waals surface area (Å²) in [6.45, 7) is -0.223. The van der Waals surface area contributed by atoms with Crippen LogP contribution in [-0.4, -0.2) is 27.3 Å². The highest BCUT2D eigenvalue weighted by molar-refractivity contribution is 7.13. The minimum absolute atomic E-state index is 0.100. The molecule has 0 bridgehead atoms. The van der Waals surface area contributed by atoms with E-state index in [1.165, 1.54) is 11.3 Å². The molecular weight excluding hydrogens is 384 g/mol. The van der Waals surface area contributed by atoms with E-state index in [2.05, 4.69) is 21.0 Å². The van der Waals surface area contributed by atoms with Crippen LogP contribution in [0.4, 0.5) is 0 Å². The van der Waals surface area contributed by atoms with E-state index < -0.39 is 0 Å². The fraction of sp³-hybridized carbons (Fsp3) is 0.0455. The Hall–Kier alpha value is -3.89. The lowest BCUT2D eigenvalue weighted by Crippen LogP contribution is -2.13. The van der Waals surface area contributed by atoms with E-state index in [-0.39, 0.29) is 23.8 Å². The van der Waals surface area contributed by atoms with Crippen molar-refractivity contribution in [2.75, 3.05) is 6.61 Å². The average molecular weight is 398 g/mol. The summed E-state index contributed by atoms with van der Waals surface area (Å²) in [4.78, 5) is 26.1. The van der Waals surface area contributed by atoms with E-state index in [0.29, 0.717) is 22.5 Å². The predicted octanol–water partition coefficient (Wildman–Crippen LogP) is 4.40. The van der Waals surface area contributed by atoms with Gasteiger partial charge in [-0.1, -0.05) is 36.4 Å². The molecule has 29 heavy (non-hydrogen) atoms. The number of ketones is 1. The maximum absolute atomic E-state index is 12.4. The maximum Gasteiger partial charge on any atom is 0.233 e. The molecule has 0 aliphatic rings. The number of thiophene rings is 1. The second-order valence-electron chi connectivity index (χ2n) is 5.99. The Kier molecular flexibility index (Phi) is 5.36. The summed E-state index contributed by atoms with van der Waals surface area (Å²) < 4.78 is 5.72. The molecule has 0 atom stereocenters. The van der Waals surface area contributed by atoms with Gasteiger partial charge in [0.1, 0.15) is 17.3 Å². The van der Waals surface area contributed by atoms with Crippen LogP contribution < -0.4 is 4.74 Å². The number of pyridine rings is 1. The van der Waals surface area contributed by atoms with Crippen molar-refractivity contribution in [2.45, 2.75) is 0 Å². The summed E-state index contributed by atoms with van der Waals surface area (Å²) in [6.07, 6.45) is 4.73. The third-order valence-corrected chi connectivity index (χ3v) is 5.05. The lowest BCUT2D eigenvalue weighted by Gasteiger charge is -2.12. The minimum Gasteiger partial charge on any atom is -0.468 e. The Labute approximate surface area is 171 Å². The van der Waals surface area contributed by atoms with E-state index in [9.17, 15) is 10.1 Å². The van der Waals surface area contributed by atoms with Gasteiger partial charge in [-0.3, -0.25) is 14.8 Å². The second-order valence-corrected chi connectivity index (χ2v) is 6.94. The first-order chi connectivity index (χ1) is 14.3. The van der Waals surface area contributed by atoms with Gasteiger partial charge in [0.15, 0.2) is 12.4 Å². The van der Waals surface area contributed by atoms with Crippen LogP contribution in [0.2, 0.25) is 0 Å². The monoisotopic (exact) mass is 398 g/mol. The zero-order valence-corrected chi connectivity index (χ0v) is 16.0. The van der Waals surface area contributed by atoms with Crippen molar-refractivity contribution in [1.82, 2.24) is 15.0 Å². The Balaban J connectivity index is 1.74. The third kappa shape index (κ3) is 4.03. The molecule has 4 aromatic rings. The number of carbonyl (C=O) groups is 1. The number of ether oxygens (including phenoxy) is 1. The van der Waals surface area contributed by atoms with E-state index in [0.717, 1.165) is 4.88 Å². The Morgan fingerprint density at radius 3 is 2.66 bits per heavy atom. The van der Waals surface area contributed by atoms with Crippen molar-refractivity contribution in [3.8, 4) is 33.8 Å². The van der Waals surface area contributed by atoms with Crippen LogP contribution in [-0.2, 0) is 0 Å². The standard InChI is InChI=1S/C22H14N4O2S/c23-12-17-16(21-7-4-10-29-21)11-18(19-13-24-8-9-25-19)26-22(17)28-14-20(27)15-5-2-1-3-6-15/h1-11,13H,14H2. The van der Waals surface area contributed by atoms with Crippen LogP contribution in [0.25, 0.3) is 21.8 Å². The second kappa shape index (κ2) is 8.42. The molecule has 0 fully saturated rings. The molecule has 3 aromatic heterocycles. The smallest absolute Gasteiger partial charge is 0.233 e. The van der Waals surface area contributed by atoms with Gasteiger partial charge in [-0.15, -0.1) is 11.3 Å². The summed E-state index contributed by atoms with van der Waals surface area (Å²) in [6, 6.07) is 16.6. The van der Waals surface area contributed by atoms with Gasteiger partial charge in [0.2, 0.25) is 5.88 Å². The third-order valence-electron chi connectivity index (χ3n) is 4.15. The number of hydrogen-bond donors (Lipinski definition) is 0. The zero-order valence-electron chi connectivity index (χ0n) is 15.1. The molecule has 0 unspecified atom stereocenters. The number of rotatable bonds is 6. The first-order valence-electron chi connectivity index (χ1n) is 8.72. The lowest BCUT2D eigenvalue weighted by atomic mass is 10.1. The zero-order chi connectivity index (χ0) is 20.1. The molecule has 6 nitrogen and oxygen atoms in total. The van der Waals surface area contributed by atoms with E-state index in [1.54, 1.807) is 48.9 Å². The molecule has 4 rings (SSSR count). The van der Waals surface area contributed by atoms with Gasteiger partial charge in [-0.25, -0.2) is 4.98 Å². The number of nitriles is 1. The SMILES string of the molecule is N#Cc1c(-c2cccs2)cc(-c2cnccn2)nc1OCC(=O)c1ccccc1. The largest absolute Gasteiger partial charge is 0.468 e. The highest BCUT2D eigenvalue weighted by Gasteiger charge is 2.19. The highest BCUT2D eigenvalue weighted by atomic mass is 32.1. The molecule has 0 N–H and O–H groups in total. The maximum atomic E-state index is 12.4. The molecule has 0 aliphatic carbocycles. The molecule has 0 radical (unpaired) electrons. The highest BCUT2D eigenvalue weighted by Crippen LogP contribution is 2.35. The molecule has 140 valence electrons. The van der Waals surface area contributed by atoms with Gasteiger partial charge in [0.25, 0.3) is 0 Å². The van der Waals surface area contributed by atoms with Crippen LogP contribution >= 0.6 is 11.3 Å². The minimum atomic E-state index is -0.223. The van der Waals surface area contributed by atoms with E-state index in [4.69, 9.17) is 4.74 Å². The normalized spacial score (nSPS) is 10.3. The van der Waals surface area contributed by atoms with Crippen molar-refractivity contribution >= 4 is 17.1 Å². The molecule has 0 saturated heterocycles. The van der Waals surface area contributed by atoms with Gasteiger partial charge in [0, 0.05) is 28.4 Å². The molecule has 3 heterocycles. The number of benzene rings is 1. The number of Topliss-reactive ketones (excluding diaryl/α,β-unsaturated/α-hetero) is 1. The van der Waals surface area contributed by atoms with E-state index in [1.807, 2.05) is 23.6 Å². The summed E-state index contributed by atoms with van der Waals surface area (Å²) >= 11 is 1.50. The van der Waals surface area contributed by atoms with Crippen molar-refractivity contribution in [1.29, 1.82) is 5.26 Å². The van der Waals surface area contributed by atoms with Gasteiger partial charge in [-0.05, 0) is 17.5 Å². The Morgan fingerprint density at radius 2 is 1.97 bits per heavy atom. The van der Waals surface area contributed by atoms with Gasteiger partial charge >= 0.3 is 0 Å². The molecular formula is C22H14N4O2S. The Bertz CT molecular complexity index is 1170. The van der Waals surface area contributed by atoms with Crippen molar-refractivity contribution < 1.29 is 9.53 Å². The van der Waals surface area contributed by atoms with Gasteiger partial charge in [0.05, 0.1) is 11.9 Å². The lowest BCUT2D eigenvalue weighted by molar-refractivity contribution is 0.0918. The molecule has 1 aromatic carbocycles.